The third kappa shape index (κ3) is 4.26. The molecule has 3 aromatic heterocycles. The van der Waals surface area contributed by atoms with Gasteiger partial charge in [0.25, 0.3) is 5.91 Å². The van der Waals surface area contributed by atoms with Crippen molar-refractivity contribution in [2.24, 2.45) is 5.92 Å². The average molecular weight is 414 g/mol. The smallest absolute Gasteiger partial charge is 0.262 e. The van der Waals surface area contributed by atoms with Crippen LogP contribution >= 0.6 is 0 Å². The van der Waals surface area contributed by atoms with E-state index in [1.54, 1.807) is 24.7 Å². The summed E-state index contributed by atoms with van der Waals surface area (Å²) in [6.07, 6.45) is 7.30. The van der Waals surface area contributed by atoms with Crippen molar-refractivity contribution in [3.05, 3.63) is 47.9 Å². The largest absolute Gasteiger partial charge is 0.477 e. The summed E-state index contributed by atoms with van der Waals surface area (Å²) in [4.78, 5) is 22.0. The van der Waals surface area contributed by atoms with Crippen molar-refractivity contribution in [2.45, 2.75) is 38.6 Å². The van der Waals surface area contributed by atoms with Crippen LogP contribution < -0.4 is 10.1 Å². The SMILES string of the molecule is CC1CCCOc2ncc(C#CC3CC3)cc2C(=O)Nc2cccc(n2)-c2nncn21. The van der Waals surface area contributed by atoms with Gasteiger partial charge in [-0.2, -0.15) is 0 Å². The van der Waals surface area contributed by atoms with Crippen LogP contribution in [0.15, 0.2) is 36.8 Å². The Labute approximate surface area is 180 Å². The Kier molecular flexibility index (Phi) is 5.08. The summed E-state index contributed by atoms with van der Waals surface area (Å²) in [5.74, 6) is 7.85. The molecule has 31 heavy (non-hydrogen) atoms. The van der Waals surface area contributed by atoms with Crippen LogP contribution in [0.5, 0.6) is 5.88 Å². The number of pyridine rings is 2. The highest BCUT2D eigenvalue weighted by Gasteiger charge is 2.20. The summed E-state index contributed by atoms with van der Waals surface area (Å²) < 4.78 is 7.88. The van der Waals surface area contributed by atoms with Crippen molar-refractivity contribution >= 4 is 11.7 Å². The van der Waals surface area contributed by atoms with Crippen LogP contribution in [0.2, 0.25) is 0 Å². The average Bonchev–Trinajstić information content (AvgIpc) is 3.48. The van der Waals surface area contributed by atoms with Crippen LogP contribution in [0.1, 0.15) is 54.6 Å². The first kappa shape index (κ1) is 19.2. The van der Waals surface area contributed by atoms with Gasteiger partial charge in [0, 0.05) is 23.7 Å². The number of hydrogen-bond donors (Lipinski definition) is 1. The summed E-state index contributed by atoms with van der Waals surface area (Å²) in [5, 5.41) is 11.2. The second kappa shape index (κ2) is 8.19. The number of fused-ring (bicyclic) bond motifs is 5. The lowest BCUT2D eigenvalue weighted by Gasteiger charge is -2.17. The summed E-state index contributed by atoms with van der Waals surface area (Å²) >= 11 is 0. The molecule has 1 aliphatic heterocycles. The third-order valence-electron chi connectivity index (χ3n) is 5.37. The van der Waals surface area contributed by atoms with E-state index < -0.39 is 0 Å². The molecule has 1 N–H and O–H groups in total. The molecule has 1 amide bonds. The van der Waals surface area contributed by atoms with E-state index in [1.807, 2.05) is 16.7 Å². The number of nitrogens with one attached hydrogen (secondary N) is 1. The molecule has 2 bridgehead atoms. The molecule has 8 heteroatoms. The first-order valence-corrected chi connectivity index (χ1v) is 10.5. The van der Waals surface area contributed by atoms with Gasteiger partial charge < -0.3 is 14.6 Å². The molecule has 8 nitrogen and oxygen atoms in total. The molecule has 1 saturated carbocycles. The zero-order chi connectivity index (χ0) is 21.2. The molecule has 0 aromatic carbocycles. The fourth-order valence-electron chi connectivity index (χ4n) is 3.46. The Hall–Kier alpha value is -3.73. The van der Waals surface area contributed by atoms with Crippen LogP contribution in [0.4, 0.5) is 5.82 Å². The lowest BCUT2D eigenvalue weighted by molar-refractivity contribution is 0.102. The number of amides is 1. The third-order valence-corrected chi connectivity index (χ3v) is 5.37. The number of carbonyl (C=O) groups is 1. The van der Waals surface area contributed by atoms with Gasteiger partial charge in [0.15, 0.2) is 5.82 Å². The van der Waals surface area contributed by atoms with Gasteiger partial charge in [0.1, 0.15) is 23.4 Å². The quantitative estimate of drug-likeness (QED) is 0.566. The van der Waals surface area contributed by atoms with Crippen LogP contribution in [0.25, 0.3) is 11.5 Å². The number of carbonyl (C=O) groups excluding carboxylic acids is 1. The Bertz CT molecular complexity index is 1190. The van der Waals surface area contributed by atoms with Gasteiger partial charge in [-0.25, -0.2) is 9.97 Å². The van der Waals surface area contributed by atoms with Gasteiger partial charge in [-0.15, -0.1) is 10.2 Å². The zero-order valence-electron chi connectivity index (χ0n) is 17.2. The van der Waals surface area contributed by atoms with Crippen LogP contribution in [-0.4, -0.2) is 37.2 Å². The highest BCUT2D eigenvalue weighted by molar-refractivity contribution is 6.05. The summed E-state index contributed by atoms with van der Waals surface area (Å²) in [7, 11) is 0. The predicted molar refractivity (Wildman–Crippen MR) is 114 cm³/mol. The fraction of sp³-hybridized carbons (Fsp3) is 0.348. The first-order chi connectivity index (χ1) is 15.2. The minimum Gasteiger partial charge on any atom is -0.477 e. The van der Waals surface area contributed by atoms with E-state index in [2.05, 4.69) is 44.2 Å². The molecule has 156 valence electrons. The zero-order valence-corrected chi connectivity index (χ0v) is 17.2. The number of ether oxygens (including phenoxy) is 1. The van der Waals surface area contributed by atoms with Crippen molar-refractivity contribution in [2.75, 3.05) is 11.9 Å². The monoisotopic (exact) mass is 414 g/mol. The standard InChI is InChI=1S/C23H22N6O2/c1-15-4-3-11-31-23-18(12-17(13-24-23)10-9-16-7-8-16)22(30)27-20-6-2-5-19(26-20)21-28-25-14-29(15)21/h2,5-6,12-16H,3-4,7-8,11H2,1H3,(H,26,27,30). The van der Waals surface area contributed by atoms with E-state index in [0.717, 1.165) is 25.7 Å². The maximum absolute atomic E-state index is 13.1. The Morgan fingerprint density at radius 1 is 1.26 bits per heavy atom. The molecule has 1 fully saturated rings. The van der Waals surface area contributed by atoms with E-state index in [-0.39, 0.29) is 11.9 Å². The minimum absolute atomic E-state index is 0.170. The molecule has 1 unspecified atom stereocenters. The molecule has 4 heterocycles. The molecular formula is C23H22N6O2. The normalized spacial score (nSPS) is 18.4. The minimum atomic E-state index is -0.339. The van der Waals surface area contributed by atoms with Gasteiger partial charge in [-0.05, 0) is 50.8 Å². The maximum Gasteiger partial charge on any atom is 0.262 e. The number of anilines is 1. The summed E-state index contributed by atoms with van der Waals surface area (Å²) in [6.45, 7) is 2.56. The summed E-state index contributed by atoms with van der Waals surface area (Å²) in [6, 6.07) is 7.34. The molecule has 0 spiro atoms. The second-order valence-corrected chi connectivity index (χ2v) is 7.88. The molecule has 0 radical (unpaired) electrons. The molecule has 1 aliphatic carbocycles. The Morgan fingerprint density at radius 2 is 2.16 bits per heavy atom. The van der Waals surface area contributed by atoms with E-state index in [4.69, 9.17) is 4.74 Å². The van der Waals surface area contributed by atoms with Gasteiger partial charge in [-0.1, -0.05) is 17.9 Å². The second-order valence-electron chi connectivity index (χ2n) is 7.88. The lowest BCUT2D eigenvalue weighted by atomic mass is 10.1. The molecular weight excluding hydrogens is 392 g/mol. The maximum atomic E-state index is 13.1. The van der Waals surface area contributed by atoms with Crippen LogP contribution in [-0.2, 0) is 0 Å². The molecule has 1 atom stereocenters. The van der Waals surface area contributed by atoms with Crippen molar-refractivity contribution < 1.29 is 9.53 Å². The van der Waals surface area contributed by atoms with Crippen LogP contribution in [0, 0.1) is 17.8 Å². The van der Waals surface area contributed by atoms with E-state index in [9.17, 15) is 4.79 Å². The fourth-order valence-corrected chi connectivity index (χ4v) is 3.46. The van der Waals surface area contributed by atoms with Gasteiger partial charge in [0.05, 0.1) is 6.61 Å². The topological polar surface area (TPSA) is 94.8 Å². The lowest BCUT2D eigenvalue weighted by Crippen LogP contribution is -2.17. The highest BCUT2D eigenvalue weighted by atomic mass is 16.5. The van der Waals surface area contributed by atoms with E-state index in [0.29, 0.717) is 46.9 Å². The Balaban J connectivity index is 1.52. The first-order valence-electron chi connectivity index (χ1n) is 10.5. The van der Waals surface area contributed by atoms with Gasteiger partial charge >= 0.3 is 0 Å². The summed E-state index contributed by atoms with van der Waals surface area (Å²) in [5.41, 5.74) is 1.70. The van der Waals surface area contributed by atoms with E-state index >= 15 is 0 Å². The highest BCUT2D eigenvalue weighted by Crippen LogP contribution is 2.28. The van der Waals surface area contributed by atoms with Gasteiger partial charge in [-0.3, -0.25) is 4.79 Å². The van der Waals surface area contributed by atoms with Crippen molar-refractivity contribution in [1.82, 2.24) is 24.7 Å². The number of hydrogen-bond acceptors (Lipinski definition) is 6. The van der Waals surface area contributed by atoms with E-state index in [1.165, 1.54) is 0 Å². The molecule has 5 rings (SSSR count). The Morgan fingerprint density at radius 3 is 3.03 bits per heavy atom. The number of nitrogens with zero attached hydrogens (tertiary/aromatic N) is 5. The van der Waals surface area contributed by atoms with Crippen molar-refractivity contribution in [3.63, 3.8) is 0 Å². The van der Waals surface area contributed by atoms with Crippen LogP contribution in [0.3, 0.4) is 0 Å². The number of rotatable bonds is 0. The predicted octanol–water partition coefficient (Wildman–Crippen LogP) is 3.48. The van der Waals surface area contributed by atoms with Crippen molar-refractivity contribution in [1.29, 1.82) is 0 Å². The van der Waals surface area contributed by atoms with Crippen molar-refractivity contribution in [3.8, 4) is 29.2 Å². The number of aromatic nitrogens is 5. The molecule has 3 aromatic rings. The van der Waals surface area contributed by atoms with Gasteiger partial charge in [0.2, 0.25) is 5.88 Å². The molecule has 2 aliphatic rings. The molecule has 0 saturated heterocycles.